The monoisotopic (exact) mass is 269 g/mol. The van der Waals surface area contributed by atoms with E-state index in [1.54, 1.807) is 0 Å². The quantitative estimate of drug-likeness (QED) is 0.468. The summed E-state index contributed by atoms with van der Waals surface area (Å²) < 4.78 is 0. The third-order valence-electron chi connectivity index (χ3n) is 3.40. The number of pyridine rings is 1. The largest absolute Gasteiger partial charge is 0.351 e. The average molecular weight is 270 g/mol. The summed E-state index contributed by atoms with van der Waals surface area (Å²) in [5, 5.41) is 11.3. The third-order valence-corrected chi connectivity index (χ3v) is 3.61. The molecular weight excluding hydrogens is 254 g/mol. The molecule has 1 saturated carbocycles. The van der Waals surface area contributed by atoms with Gasteiger partial charge in [-0.05, 0) is 31.7 Å². The second-order valence-corrected chi connectivity index (χ2v) is 4.96. The molecule has 1 aliphatic rings. The fourth-order valence-electron chi connectivity index (χ4n) is 2.15. The molecule has 6 heteroatoms. The summed E-state index contributed by atoms with van der Waals surface area (Å²) >= 11 is 5.85. The van der Waals surface area contributed by atoms with Gasteiger partial charge in [-0.25, -0.2) is 4.98 Å². The van der Waals surface area contributed by atoms with E-state index in [0.29, 0.717) is 23.4 Å². The molecule has 98 valence electrons. The highest BCUT2D eigenvalue weighted by molar-refractivity contribution is 6.29. The first-order valence-corrected chi connectivity index (χ1v) is 6.55. The molecule has 18 heavy (non-hydrogen) atoms. The summed E-state index contributed by atoms with van der Waals surface area (Å²) in [7, 11) is 0. The standard InChI is InChI=1S/C12H16ClN3O2/c1-2-15(8-9-4-3-5-9)12-10(16(17)18)6-7-11(13)14-12/h6-7,9H,2-5,8H2,1H3. The molecule has 0 N–H and O–H groups in total. The number of nitrogens with zero attached hydrogens (tertiary/aromatic N) is 3. The van der Waals surface area contributed by atoms with Crippen LogP contribution in [0.1, 0.15) is 26.2 Å². The molecule has 1 aromatic rings. The maximum absolute atomic E-state index is 11.0. The normalized spacial score (nSPS) is 15.2. The van der Waals surface area contributed by atoms with Crippen molar-refractivity contribution in [2.24, 2.45) is 5.92 Å². The van der Waals surface area contributed by atoms with Gasteiger partial charge in [-0.1, -0.05) is 18.0 Å². The second kappa shape index (κ2) is 5.52. The summed E-state index contributed by atoms with van der Waals surface area (Å²) in [6.07, 6.45) is 3.66. The summed E-state index contributed by atoms with van der Waals surface area (Å²) in [4.78, 5) is 16.7. The number of anilines is 1. The van der Waals surface area contributed by atoms with Crippen molar-refractivity contribution in [3.8, 4) is 0 Å². The molecule has 1 heterocycles. The molecule has 0 spiro atoms. The van der Waals surface area contributed by atoms with Crippen LogP contribution >= 0.6 is 11.6 Å². The van der Waals surface area contributed by atoms with Gasteiger partial charge in [-0.2, -0.15) is 0 Å². The zero-order chi connectivity index (χ0) is 13.1. The van der Waals surface area contributed by atoms with Crippen molar-refractivity contribution in [2.45, 2.75) is 26.2 Å². The van der Waals surface area contributed by atoms with E-state index in [1.807, 2.05) is 11.8 Å². The first-order chi connectivity index (χ1) is 8.61. The van der Waals surface area contributed by atoms with Crippen LogP contribution in [-0.2, 0) is 0 Å². The van der Waals surface area contributed by atoms with Crippen LogP contribution in [-0.4, -0.2) is 23.0 Å². The molecule has 0 saturated heterocycles. The summed E-state index contributed by atoms with van der Waals surface area (Å²) in [5.74, 6) is 1.02. The molecule has 5 nitrogen and oxygen atoms in total. The van der Waals surface area contributed by atoms with Crippen molar-refractivity contribution in [1.82, 2.24) is 4.98 Å². The van der Waals surface area contributed by atoms with Crippen molar-refractivity contribution in [1.29, 1.82) is 0 Å². The Balaban J connectivity index is 2.26. The molecule has 0 aliphatic heterocycles. The van der Waals surface area contributed by atoms with E-state index in [0.717, 1.165) is 6.54 Å². The summed E-state index contributed by atoms with van der Waals surface area (Å²) in [5.41, 5.74) is 0.0283. The molecule has 1 fully saturated rings. The molecule has 1 aromatic heterocycles. The lowest BCUT2D eigenvalue weighted by molar-refractivity contribution is -0.384. The van der Waals surface area contributed by atoms with Gasteiger partial charge < -0.3 is 4.90 Å². The number of hydrogen-bond acceptors (Lipinski definition) is 4. The van der Waals surface area contributed by atoms with E-state index in [4.69, 9.17) is 11.6 Å². The van der Waals surface area contributed by atoms with E-state index in [2.05, 4.69) is 4.98 Å². The lowest BCUT2D eigenvalue weighted by atomic mass is 9.85. The molecule has 2 rings (SSSR count). The Morgan fingerprint density at radius 1 is 1.56 bits per heavy atom. The molecule has 1 aliphatic carbocycles. The SMILES string of the molecule is CCN(CC1CCC1)c1nc(Cl)ccc1[N+](=O)[O-]. The molecule has 0 aromatic carbocycles. The van der Waals surface area contributed by atoms with Gasteiger partial charge in [-0.3, -0.25) is 10.1 Å². The van der Waals surface area contributed by atoms with Crippen molar-refractivity contribution in [3.63, 3.8) is 0 Å². The first kappa shape index (κ1) is 13.1. The highest BCUT2D eigenvalue weighted by Gasteiger charge is 2.25. The minimum atomic E-state index is -0.401. The minimum Gasteiger partial charge on any atom is -0.351 e. The van der Waals surface area contributed by atoms with Crippen molar-refractivity contribution >= 4 is 23.1 Å². The van der Waals surface area contributed by atoms with Crippen LogP contribution in [0, 0.1) is 16.0 Å². The van der Waals surface area contributed by atoms with Gasteiger partial charge in [-0.15, -0.1) is 0 Å². The van der Waals surface area contributed by atoms with Gasteiger partial charge in [0.25, 0.3) is 0 Å². The maximum Gasteiger partial charge on any atom is 0.311 e. The van der Waals surface area contributed by atoms with E-state index in [-0.39, 0.29) is 5.69 Å². The highest BCUT2D eigenvalue weighted by atomic mass is 35.5. The first-order valence-electron chi connectivity index (χ1n) is 6.17. The zero-order valence-corrected chi connectivity index (χ0v) is 11.1. The fourth-order valence-corrected chi connectivity index (χ4v) is 2.29. The topological polar surface area (TPSA) is 59.3 Å². The number of rotatable bonds is 5. The Bertz CT molecular complexity index is 449. The van der Waals surface area contributed by atoms with Crippen LogP contribution in [0.2, 0.25) is 5.15 Å². The molecule has 0 atom stereocenters. The maximum atomic E-state index is 11.0. The van der Waals surface area contributed by atoms with Gasteiger partial charge in [0.1, 0.15) is 5.15 Å². The number of aromatic nitrogens is 1. The number of nitro groups is 1. The van der Waals surface area contributed by atoms with Crippen LogP contribution < -0.4 is 4.90 Å². The second-order valence-electron chi connectivity index (χ2n) is 4.57. The van der Waals surface area contributed by atoms with Gasteiger partial charge in [0, 0.05) is 19.2 Å². The van der Waals surface area contributed by atoms with Gasteiger partial charge in [0.15, 0.2) is 0 Å². The Kier molecular flexibility index (Phi) is 4.01. The smallest absolute Gasteiger partial charge is 0.311 e. The van der Waals surface area contributed by atoms with Gasteiger partial charge in [0.05, 0.1) is 4.92 Å². The van der Waals surface area contributed by atoms with Crippen molar-refractivity contribution in [3.05, 3.63) is 27.4 Å². The van der Waals surface area contributed by atoms with Gasteiger partial charge >= 0.3 is 5.69 Å². The van der Waals surface area contributed by atoms with Crippen LogP contribution in [0.5, 0.6) is 0 Å². The molecule has 0 bridgehead atoms. The number of hydrogen-bond donors (Lipinski definition) is 0. The zero-order valence-electron chi connectivity index (χ0n) is 10.3. The van der Waals surface area contributed by atoms with Crippen LogP contribution in [0.25, 0.3) is 0 Å². The molecule has 0 amide bonds. The molecular formula is C12H16ClN3O2. The summed E-state index contributed by atoms with van der Waals surface area (Å²) in [6.45, 7) is 3.50. The van der Waals surface area contributed by atoms with E-state index in [9.17, 15) is 10.1 Å². The molecule has 0 radical (unpaired) electrons. The van der Waals surface area contributed by atoms with Crippen molar-refractivity contribution < 1.29 is 4.92 Å². The predicted molar refractivity (Wildman–Crippen MR) is 71.1 cm³/mol. The predicted octanol–water partition coefficient (Wildman–Crippen LogP) is 3.27. The minimum absolute atomic E-state index is 0.0283. The van der Waals surface area contributed by atoms with Crippen LogP contribution in [0.3, 0.4) is 0 Å². The Morgan fingerprint density at radius 3 is 2.78 bits per heavy atom. The Morgan fingerprint density at radius 2 is 2.28 bits per heavy atom. The lowest BCUT2D eigenvalue weighted by Crippen LogP contribution is -2.33. The van der Waals surface area contributed by atoms with Crippen LogP contribution in [0.15, 0.2) is 12.1 Å². The Hall–Kier alpha value is -1.36. The average Bonchev–Trinajstić information content (AvgIpc) is 2.27. The van der Waals surface area contributed by atoms with Crippen molar-refractivity contribution in [2.75, 3.05) is 18.0 Å². The highest BCUT2D eigenvalue weighted by Crippen LogP contribution is 2.32. The lowest BCUT2D eigenvalue weighted by Gasteiger charge is -2.32. The number of halogens is 1. The van der Waals surface area contributed by atoms with E-state index >= 15 is 0 Å². The van der Waals surface area contributed by atoms with Gasteiger partial charge in [0.2, 0.25) is 5.82 Å². The van der Waals surface area contributed by atoms with Crippen LogP contribution in [0.4, 0.5) is 11.5 Å². The fraction of sp³-hybridized carbons (Fsp3) is 0.583. The van der Waals surface area contributed by atoms with E-state index < -0.39 is 4.92 Å². The van der Waals surface area contributed by atoms with E-state index in [1.165, 1.54) is 31.4 Å². The molecule has 0 unspecified atom stereocenters. The third kappa shape index (κ3) is 2.72. The summed E-state index contributed by atoms with van der Waals surface area (Å²) in [6, 6.07) is 2.88. The Labute approximate surface area is 111 Å².